The van der Waals surface area contributed by atoms with Crippen molar-refractivity contribution in [1.82, 2.24) is 19.7 Å². The van der Waals surface area contributed by atoms with Gasteiger partial charge in [0, 0.05) is 54.2 Å². The van der Waals surface area contributed by atoms with Gasteiger partial charge in [0.2, 0.25) is 5.89 Å². The summed E-state index contributed by atoms with van der Waals surface area (Å²) < 4.78 is 7.90. The third-order valence-corrected chi connectivity index (χ3v) is 5.62. The number of amides is 1. The molecule has 9 heteroatoms. The lowest BCUT2D eigenvalue weighted by Crippen LogP contribution is -2.22. The number of pyridine rings is 1. The molecule has 1 amide bonds. The van der Waals surface area contributed by atoms with Gasteiger partial charge in [-0.25, -0.2) is 4.98 Å². The Hall–Kier alpha value is -3.72. The van der Waals surface area contributed by atoms with Crippen LogP contribution in [0.3, 0.4) is 0 Å². The summed E-state index contributed by atoms with van der Waals surface area (Å²) in [5, 5.41) is 15.4. The molecule has 1 aliphatic heterocycles. The smallest absolute Gasteiger partial charge is 0.271 e. The molecular formula is C22H22N6O3. The number of aryl methyl sites for hydroxylation is 2. The van der Waals surface area contributed by atoms with E-state index >= 15 is 0 Å². The van der Waals surface area contributed by atoms with Crippen molar-refractivity contribution < 1.29 is 14.3 Å². The predicted molar refractivity (Wildman–Crippen MR) is 116 cm³/mol. The fourth-order valence-corrected chi connectivity index (χ4v) is 4.06. The van der Waals surface area contributed by atoms with Crippen LogP contribution >= 0.6 is 0 Å². The van der Waals surface area contributed by atoms with Crippen molar-refractivity contribution in [2.75, 3.05) is 18.0 Å². The number of aliphatic hydroxyl groups excluding tert-OH is 1. The first-order chi connectivity index (χ1) is 14.9. The molecule has 1 unspecified atom stereocenters. The van der Waals surface area contributed by atoms with Gasteiger partial charge in [-0.15, -0.1) is 0 Å². The highest BCUT2D eigenvalue weighted by atomic mass is 16.4. The van der Waals surface area contributed by atoms with Crippen molar-refractivity contribution in [3.63, 3.8) is 0 Å². The van der Waals surface area contributed by atoms with Crippen LogP contribution in [-0.2, 0) is 7.05 Å². The van der Waals surface area contributed by atoms with Crippen LogP contribution in [0.5, 0.6) is 0 Å². The number of hydrogen-bond acceptors (Lipinski definition) is 7. The van der Waals surface area contributed by atoms with E-state index in [4.69, 9.17) is 10.2 Å². The maximum atomic E-state index is 12.3. The first-order valence-corrected chi connectivity index (χ1v) is 10.0. The van der Waals surface area contributed by atoms with Crippen LogP contribution in [0.1, 0.15) is 22.6 Å². The molecule has 0 spiro atoms. The third kappa shape index (κ3) is 3.32. The maximum Gasteiger partial charge on any atom is 0.271 e. The lowest BCUT2D eigenvalue weighted by Gasteiger charge is -2.21. The minimum Gasteiger partial charge on any atom is -0.435 e. The van der Waals surface area contributed by atoms with E-state index in [1.807, 2.05) is 32.2 Å². The Labute approximate surface area is 178 Å². The number of β-amino-alcohol motifs (C(OH)–C–C–N with tert-alkyl or cyclic N) is 1. The molecule has 1 aromatic carbocycles. The molecule has 0 bridgehead atoms. The molecule has 1 aliphatic rings. The Morgan fingerprint density at radius 1 is 1.32 bits per heavy atom. The minimum atomic E-state index is -0.673. The number of oxazole rings is 1. The number of carbonyl (C=O) groups excluding carboxylic acids is 1. The Morgan fingerprint density at radius 3 is 2.87 bits per heavy atom. The summed E-state index contributed by atoms with van der Waals surface area (Å²) in [6, 6.07) is 7.54. The van der Waals surface area contributed by atoms with Crippen LogP contribution in [-0.4, -0.2) is 50.0 Å². The second-order valence-electron chi connectivity index (χ2n) is 7.83. The van der Waals surface area contributed by atoms with Crippen molar-refractivity contribution in [3.05, 3.63) is 48.0 Å². The van der Waals surface area contributed by atoms with Crippen LogP contribution < -0.4 is 10.6 Å². The summed E-state index contributed by atoms with van der Waals surface area (Å²) in [7, 11) is 1.85. The predicted octanol–water partition coefficient (Wildman–Crippen LogP) is 2.27. The van der Waals surface area contributed by atoms with Gasteiger partial charge in [0.15, 0.2) is 11.5 Å². The molecule has 1 atom stereocenters. The van der Waals surface area contributed by atoms with Crippen molar-refractivity contribution in [2.24, 2.45) is 12.8 Å². The fraction of sp³-hybridized carbons (Fsp3) is 0.273. The number of fused-ring (bicyclic) bond motifs is 1. The van der Waals surface area contributed by atoms with Gasteiger partial charge in [0.1, 0.15) is 0 Å². The number of anilines is 1. The fourth-order valence-electron chi connectivity index (χ4n) is 4.06. The van der Waals surface area contributed by atoms with E-state index < -0.39 is 12.0 Å². The van der Waals surface area contributed by atoms with E-state index in [0.717, 1.165) is 22.3 Å². The van der Waals surface area contributed by atoms with Gasteiger partial charge in [-0.05, 0) is 37.6 Å². The first-order valence-electron chi connectivity index (χ1n) is 10.0. The van der Waals surface area contributed by atoms with Crippen molar-refractivity contribution >= 4 is 22.5 Å². The van der Waals surface area contributed by atoms with Crippen LogP contribution in [0.2, 0.25) is 0 Å². The quantitative estimate of drug-likeness (QED) is 0.521. The van der Waals surface area contributed by atoms with E-state index in [2.05, 4.69) is 20.0 Å². The lowest BCUT2D eigenvalue weighted by atomic mass is 10.0. The zero-order valence-corrected chi connectivity index (χ0v) is 17.2. The topological polar surface area (TPSA) is 123 Å². The Bertz CT molecular complexity index is 1310. The van der Waals surface area contributed by atoms with Gasteiger partial charge in [-0.1, -0.05) is 0 Å². The normalized spacial score (nSPS) is 16.4. The molecule has 4 aromatic rings. The number of aliphatic hydroxyl groups is 1. The highest BCUT2D eigenvalue weighted by Crippen LogP contribution is 2.39. The molecule has 3 aromatic heterocycles. The molecule has 4 heterocycles. The van der Waals surface area contributed by atoms with E-state index in [0.29, 0.717) is 42.3 Å². The van der Waals surface area contributed by atoms with Crippen molar-refractivity contribution in [1.29, 1.82) is 0 Å². The zero-order valence-electron chi connectivity index (χ0n) is 17.2. The summed E-state index contributed by atoms with van der Waals surface area (Å²) in [5.74, 6) is -0.0726. The molecule has 0 aliphatic carbocycles. The number of primary amides is 1. The number of rotatable bonds is 4. The van der Waals surface area contributed by atoms with Gasteiger partial charge < -0.3 is 20.2 Å². The average Bonchev–Trinajstić information content (AvgIpc) is 3.46. The van der Waals surface area contributed by atoms with Crippen molar-refractivity contribution in [2.45, 2.75) is 19.4 Å². The standard InChI is InChI=1S/C22H22N6O3/c1-12-7-13(3-5-24-12)22-26-19(21(23)30)20(31-22)16-9-17-14(10-25-27(17)2)8-18(16)28-6-4-15(29)11-28/h3,5,7-10,15,29H,4,6,11H2,1-2H3,(H2,23,30). The van der Waals surface area contributed by atoms with Gasteiger partial charge in [0.25, 0.3) is 5.91 Å². The third-order valence-electron chi connectivity index (χ3n) is 5.62. The van der Waals surface area contributed by atoms with Crippen LogP contribution in [0.4, 0.5) is 5.69 Å². The van der Waals surface area contributed by atoms with Crippen LogP contribution in [0, 0.1) is 6.92 Å². The number of aromatic nitrogens is 4. The maximum absolute atomic E-state index is 12.3. The molecule has 3 N–H and O–H groups in total. The van der Waals surface area contributed by atoms with Crippen LogP contribution in [0.25, 0.3) is 33.7 Å². The number of nitrogens with two attached hydrogens (primary N) is 1. The van der Waals surface area contributed by atoms with Gasteiger partial charge >= 0.3 is 0 Å². The number of nitrogens with zero attached hydrogens (tertiary/aromatic N) is 5. The molecule has 1 saturated heterocycles. The second-order valence-corrected chi connectivity index (χ2v) is 7.83. The Kier molecular flexibility index (Phi) is 4.48. The minimum absolute atomic E-state index is 0.0620. The van der Waals surface area contributed by atoms with Gasteiger partial charge in [0.05, 0.1) is 17.8 Å². The van der Waals surface area contributed by atoms with E-state index in [1.54, 1.807) is 23.1 Å². The highest BCUT2D eigenvalue weighted by molar-refractivity contribution is 6.01. The van der Waals surface area contributed by atoms with E-state index in [9.17, 15) is 9.90 Å². The summed E-state index contributed by atoms with van der Waals surface area (Å²) in [4.78, 5) is 23.0. The number of hydrogen-bond donors (Lipinski definition) is 2. The monoisotopic (exact) mass is 418 g/mol. The molecule has 31 heavy (non-hydrogen) atoms. The van der Waals surface area contributed by atoms with Crippen LogP contribution in [0.15, 0.2) is 41.1 Å². The first kappa shape index (κ1) is 19.3. The molecule has 1 fully saturated rings. The SMILES string of the molecule is Cc1cc(-c2nc(C(N)=O)c(-c3cc4c(cnn4C)cc3N3CCC(O)C3)o2)ccn1. The van der Waals surface area contributed by atoms with Gasteiger partial charge in [-0.2, -0.15) is 5.10 Å². The molecule has 0 saturated carbocycles. The van der Waals surface area contributed by atoms with E-state index in [-0.39, 0.29) is 5.69 Å². The average molecular weight is 418 g/mol. The molecule has 5 rings (SSSR count). The molecule has 0 radical (unpaired) electrons. The largest absolute Gasteiger partial charge is 0.435 e. The highest BCUT2D eigenvalue weighted by Gasteiger charge is 2.28. The second kappa shape index (κ2) is 7.21. The Morgan fingerprint density at radius 2 is 2.16 bits per heavy atom. The van der Waals surface area contributed by atoms with Gasteiger partial charge in [-0.3, -0.25) is 14.5 Å². The summed E-state index contributed by atoms with van der Waals surface area (Å²) >= 11 is 0. The molecule has 9 nitrogen and oxygen atoms in total. The summed E-state index contributed by atoms with van der Waals surface area (Å²) in [6.07, 6.45) is 3.72. The molecular weight excluding hydrogens is 396 g/mol. The Balaban J connectivity index is 1.74. The summed E-state index contributed by atoms with van der Waals surface area (Å²) in [6.45, 7) is 3.06. The lowest BCUT2D eigenvalue weighted by molar-refractivity contribution is 0.0996. The van der Waals surface area contributed by atoms with E-state index in [1.165, 1.54) is 0 Å². The number of carbonyl (C=O) groups is 1. The van der Waals surface area contributed by atoms with Crippen molar-refractivity contribution in [3.8, 4) is 22.8 Å². The summed E-state index contributed by atoms with van der Waals surface area (Å²) in [5.41, 5.74) is 9.66. The molecule has 158 valence electrons. The zero-order chi connectivity index (χ0) is 21.7. The number of benzene rings is 1.